The summed E-state index contributed by atoms with van der Waals surface area (Å²) in [6.45, 7) is 3.26. The predicted octanol–water partition coefficient (Wildman–Crippen LogP) is 2.02. The average Bonchev–Trinajstić information content (AvgIpc) is 3.00. The minimum absolute atomic E-state index is 0.0353. The van der Waals surface area contributed by atoms with Gasteiger partial charge in [0.15, 0.2) is 5.82 Å². The van der Waals surface area contributed by atoms with Crippen LogP contribution in [0.4, 0.5) is 10.1 Å². The Labute approximate surface area is 140 Å². The first-order valence-corrected chi connectivity index (χ1v) is 8.09. The maximum Gasteiger partial charge on any atom is 0.225 e. The molecule has 0 aromatic carbocycles. The van der Waals surface area contributed by atoms with Gasteiger partial charge < -0.3 is 9.80 Å². The summed E-state index contributed by atoms with van der Waals surface area (Å²) >= 11 is 0. The standard InChI is InChI=1S/C17H22FN5O/c1-12-4-9-23(20-12)16-14(18)10-19-11-15(16)22-7-5-13(6-8-22)17(24)21(2)3/h4,9-11,13H,5-8H2,1-3H3. The average molecular weight is 331 g/mol. The van der Waals surface area contributed by atoms with Gasteiger partial charge in [-0.3, -0.25) is 9.78 Å². The van der Waals surface area contributed by atoms with Gasteiger partial charge in [0.1, 0.15) is 5.69 Å². The number of aromatic nitrogens is 3. The Hall–Kier alpha value is -2.44. The number of carbonyl (C=O) groups is 1. The smallest absolute Gasteiger partial charge is 0.225 e. The van der Waals surface area contributed by atoms with Crippen LogP contribution in [0.3, 0.4) is 0 Å². The highest BCUT2D eigenvalue weighted by Crippen LogP contribution is 2.30. The van der Waals surface area contributed by atoms with E-state index in [1.54, 1.807) is 36.1 Å². The summed E-state index contributed by atoms with van der Waals surface area (Å²) in [4.78, 5) is 19.8. The van der Waals surface area contributed by atoms with Gasteiger partial charge in [-0.25, -0.2) is 9.07 Å². The van der Waals surface area contributed by atoms with E-state index in [1.807, 2.05) is 13.0 Å². The van der Waals surface area contributed by atoms with Crippen LogP contribution in [0.15, 0.2) is 24.7 Å². The highest BCUT2D eigenvalue weighted by atomic mass is 19.1. The quantitative estimate of drug-likeness (QED) is 0.863. The number of rotatable bonds is 3. The summed E-state index contributed by atoms with van der Waals surface area (Å²) in [6.07, 6.45) is 6.14. The number of halogens is 1. The lowest BCUT2D eigenvalue weighted by atomic mass is 9.95. The number of hydrogen-bond acceptors (Lipinski definition) is 4. The van der Waals surface area contributed by atoms with Crippen LogP contribution in [0.5, 0.6) is 0 Å². The van der Waals surface area contributed by atoms with E-state index < -0.39 is 5.82 Å². The minimum Gasteiger partial charge on any atom is -0.368 e. The molecule has 24 heavy (non-hydrogen) atoms. The van der Waals surface area contributed by atoms with Crippen LogP contribution in [-0.2, 0) is 4.79 Å². The number of piperidine rings is 1. The molecule has 0 spiro atoms. The van der Waals surface area contributed by atoms with Crippen LogP contribution in [0.1, 0.15) is 18.5 Å². The lowest BCUT2D eigenvalue weighted by Gasteiger charge is -2.34. The zero-order valence-corrected chi connectivity index (χ0v) is 14.2. The lowest BCUT2D eigenvalue weighted by Crippen LogP contribution is -2.40. The van der Waals surface area contributed by atoms with Crippen LogP contribution < -0.4 is 4.90 Å². The number of amides is 1. The van der Waals surface area contributed by atoms with E-state index in [-0.39, 0.29) is 11.8 Å². The Bertz CT molecular complexity index is 734. The fourth-order valence-electron chi connectivity index (χ4n) is 3.15. The minimum atomic E-state index is -0.401. The summed E-state index contributed by atoms with van der Waals surface area (Å²) in [5.74, 6) is -0.204. The van der Waals surface area contributed by atoms with Gasteiger partial charge in [-0.05, 0) is 25.8 Å². The second kappa shape index (κ2) is 6.59. The second-order valence-corrected chi connectivity index (χ2v) is 6.38. The zero-order valence-electron chi connectivity index (χ0n) is 14.2. The van der Waals surface area contributed by atoms with Gasteiger partial charge in [-0.15, -0.1) is 0 Å². The number of anilines is 1. The van der Waals surface area contributed by atoms with Gasteiger partial charge in [0, 0.05) is 39.3 Å². The molecule has 3 rings (SSSR count). The SMILES string of the molecule is Cc1ccn(-c2c(F)cncc2N2CCC(C(=O)N(C)C)CC2)n1. The Kier molecular flexibility index (Phi) is 4.51. The van der Waals surface area contributed by atoms with Crippen molar-refractivity contribution in [2.75, 3.05) is 32.1 Å². The summed E-state index contributed by atoms with van der Waals surface area (Å²) in [5, 5.41) is 4.33. The maximum absolute atomic E-state index is 14.4. The molecule has 2 aromatic rings. The number of hydrogen-bond donors (Lipinski definition) is 0. The molecular formula is C17H22FN5O. The Morgan fingerprint density at radius 1 is 1.29 bits per heavy atom. The van der Waals surface area contributed by atoms with Crippen molar-refractivity contribution in [3.63, 3.8) is 0 Å². The molecule has 0 saturated carbocycles. The van der Waals surface area contributed by atoms with E-state index in [9.17, 15) is 9.18 Å². The van der Waals surface area contributed by atoms with Crippen molar-refractivity contribution in [1.29, 1.82) is 0 Å². The molecule has 1 aliphatic heterocycles. The van der Waals surface area contributed by atoms with Gasteiger partial charge >= 0.3 is 0 Å². The van der Waals surface area contributed by atoms with Crippen molar-refractivity contribution in [1.82, 2.24) is 19.7 Å². The molecule has 7 heteroatoms. The molecule has 1 saturated heterocycles. The Morgan fingerprint density at radius 2 is 2.00 bits per heavy atom. The zero-order chi connectivity index (χ0) is 17.3. The van der Waals surface area contributed by atoms with Crippen molar-refractivity contribution in [2.45, 2.75) is 19.8 Å². The van der Waals surface area contributed by atoms with Gasteiger partial charge in [0.25, 0.3) is 0 Å². The molecule has 1 fully saturated rings. The largest absolute Gasteiger partial charge is 0.368 e. The van der Waals surface area contributed by atoms with Crippen molar-refractivity contribution < 1.29 is 9.18 Å². The first-order valence-electron chi connectivity index (χ1n) is 8.09. The maximum atomic E-state index is 14.4. The molecular weight excluding hydrogens is 309 g/mol. The van der Waals surface area contributed by atoms with Crippen LogP contribution in [0, 0.1) is 18.7 Å². The molecule has 0 aliphatic carbocycles. The lowest BCUT2D eigenvalue weighted by molar-refractivity contribution is -0.133. The summed E-state index contributed by atoms with van der Waals surface area (Å²) in [6, 6.07) is 1.84. The first kappa shape index (κ1) is 16.4. The van der Waals surface area contributed by atoms with Gasteiger partial charge in [0.2, 0.25) is 5.91 Å². The highest BCUT2D eigenvalue weighted by molar-refractivity contribution is 5.78. The molecule has 0 radical (unpaired) electrons. The van der Waals surface area contributed by atoms with Crippen molar-refractivity contribution in [2.24, 2.45) is 5.92 Å². The summed E-state index contributed by atoms with van der Waals surface area (Å²) in [5.41, 5.74) is 1.96. The van der Waals surface area contributed by atoms with E-state index in [0.29, 0.717) is 24.5 Å². The molecule has 0 atom stereocenters. The third kappa shape index (κ3) is 3.11. The molecule has 0 unspecified atom stereocenters. The molecule has 1 aliphatic rings. The summed E-state index contributed by atoms with van der Waals surface area (Å²) < 4.78 is 16.0. The monoisotopic (exact) mass is 331 g/mol. The van der Waals surface area contributed by atoms with Gasteiger partial charge in [-0.1, -0.05) is 0 Å². The summed E-state index contributed by atoms with van der Waals surface area (Å²) in [7, 11) is 3.56. The van der Waals surface area contributed by atoms with Crippen molar-refractivity contribution in [3.05, 3.63) is 36.2 Å². The number of pyridine rings is 1. The molecule has 2 aromatic heterocycles. The van der Waals surface area contributed by atoms with Crippen LogP contribution >= 0.6 is 0 Å². The number of nitrogens with zero attached hydrogens (tertiary/aromatic N) is 5. The van der Waals surface area contributed by atoms with E-state index in [4.69, 9.17) is 0 Å². The predicted molar refractivity (Wildman–Crippen MR) is 89.7 cm³/mol. The highest BCUT2D eigenvalue weighted by Gasteiger charge is 2.28. The van der Waals surface area contributed by atoms with Crippen LogP contribution in [0.2, 0.25) is 0 Å². The van der Waals surface area contributed by atoms with Crippen molar-refractivity contribution in [3.8, 4) is 5.69 Å². The molecule has 0 N–H and O–H groups in total. The normalized spacial score (nSPS) is 15.6. The Balaban J connectivity index is 1.84. The molecule has 128 valence electrons. The third-order valence-electron chi connectivity index (χ3n) is 4.43. The number of carbonyl (C=O) groups excluding carboxylic acids is 1. The van der Waals surface area contributed by atoms with Crippen LogP contribution in [-0.4, -0.2) is 52.8 Å². The van der Waals surface area contributed by atoms with Crippen molar-refractivity contribution >= 4 is 11.6 Å². The van der Waals surface area contributed by atoms with E-state index in [1.165, 1.54) is 6.20 Å². The number of aryl methyl sites for hydroxylation is 1. The topological polar surface area (TPSA) is 54.3 Å². The first-order chi connectivity index (χ1) is 11.5. The van der Waals surface area contributed by atoms with E-state index >= 15 is 0 Å². The second-order valence-electron chi connectivity index (χ2n) is 6.38. The Morgan fingerprint density at radius 3 is 2.58 bits per heavy atom. The molecule has 0 bridgehead atoms. The molecule has 6 nitrogen and oxygen atoms in total. The van der Waals surface area contributed by atoms with E-state index in [2.05, 4.69) is 15.0 Å². The van der Waals surface area contributed by atoms with Gasteiger partial charge in [0.05, 0.1) is 23.8 Å². The fraction of sp³-hybridized carbons (Fsp3) is 0.471. The molecule has 3 heterocycles. The third-order valence-corrected chi connectivity index (χ3v) is 4.43. The van der Waals surface area contributed by atoms with E-state index in [0.717, 1.165) is 18.5 Å². The molecule has 1 amide bonds. The fourth-order valence-corrected chi connectivity index (χ4v) is 3.15. The van der Waals surface area contributed by atoms with Gasteiger partial charge in [-0.2, -0.15) is 5.10 Å². The van der Waals surface area contributed by atoms with Crippen LogP contribution in [0.25, 0.3) is 5.69 Å².